The van der Waals surface area contributed by atoms with Gasteiger partial charge in [0.15, 0.2) is 5.16 Å². The number of hydrogen-bond acceptors (Lipinski definition) is 5. The van der Waals surface area contributed by atoms with Crippen molar-refractivity contribution in [2.45, 2.75) is 44.5 Å². The monoisotopic (exact) mass is 359 g/mol. The molecule has 7 heteroatoms. The number of nitrogens with one attached hydrogen (secondary N) is 2. The van der Waals surface area contributed by atoms with Crippen molar-refractivity contribution in [1.29, 1.82) is 0 Å². The summed E-state index contributed by atoms with van der Waals surface area (Å²) in [5, 5.41) is 3.35. The quantitative estimate of drug-likeness (QED) is 0.632. The summed E-state index contributed by atoms with van der Waals surface area (Å²) in [6.07, 6.45) is 0.867. The number of nitrogens with zero attached hydrogens (tertiary/aromatic N) is 1. The molecule has 0 bridgehead atoms. The Balaban J connectivity index is 1.52. The van der Waals surface area contributed by atoms with Gasteiger partial charge in [-0.3, -0.25) is 9.59 Å². The highest BCUT2D eigenvalue weighted by Crippen LogP contribution is 2.35. The van der Waals surface area contributed by atoms with E-state index in [9.17, 15) is 9.59 Å². The second-order valence-electron chi connectivity index (χ2n) is 6.74. The average Bonchev–Trinajstić information content (AvgIpc) is 2.83. The fraction of sp³-hybridized carbons (Fsp3) is 0.389. The number of H-pyrrole nitrogens is 1. The predicted molar refractivity (Wildman–Crippen MR) is 97.0 cm³/mol. The van der Waals surface area contributed by atoms with Gasteiger partial charge in [0.1, 0.15) is 11.4 Å². The van der Waals surface area contributed by atoms with Gasteiger partial charge < -0.3 is 15.0 Å². The van der Waals surface area contributed by atoms with Gasteiger partial charge in [0.25, 0.3) is 5.56 Å². The third-order valence-electron chi connectivity index (χ3n) is 3.80. The largest absolute Gasteiger partial charge is 0.487 e. The Bertz CT molecular complexity index is 861. The van der Waals surface area contributed by atoms with E-state index in [0.29, 0.717) is 17.4 Å². The molecule has 0 atom stereocenters. The zero-order valence-corrected chi connectivity index (χ0v) is 15.3. The molecular weight excluding hydrogens is 338 g/mol. The van der Waals surface area contributed by atoms with E-state index in [4.69, 9.17) is 4.74 Å². The second kappa shape index (κ2) is 6.92. The summed E-state index contributed by atoms with van der Waals surface area (Å²) in [7, 11) is 0. The van der Waals surface area contributed by atoms with Crippen LogP contribution in [0.5, 0.6) is 5.75 Å². The average molecular weight is 359 g/mol. The molecule has 2 heterocycles. The lowest BCUT2D eigenvalue weighted by molar-refractivity contribution is -0.118. The van der Waals surface area contributed by atoms with Gasteiger partial charge in [-0.05, 0) is 38.0 Å². The molecule has 0 saturated carbocycles. The van der Waals surface area contributed by atoms with Gasteiger partial charge in [0, 0.05) is 24.7 Å². The number of hydrogen-bond donors (Lipinski definition) is 2. The van der Waals surface area contributed by atoms with Crippen LogP contribution in [0.3, 0.4) is 0 Å². The molecule has 0 radical (unpaired) electrons. The molecule has 0 saturated heterocycles. The zero-order valence-electron chi connectivity index (χ0n) is 14.5. The number of aryl methyl sites for hydroxylation is 1. The Kier molecular flexibility index (Phi) is 4.85. The number of carbonyl (C=O) groups excluding carboxylic acids is 1. The number of amides is 1. The first-order valence-electron chi connectivity index (χ1n) is 8.09. The summed E-state index contributed by atoms with van der Waals surface area (Å²) in [5.41, 5.74) is 2.47. The normalized spacial score (nSPS) is 14.7. The van der Waals surface area contributed by atoms with E-state index in [1.54, 1.807) is 6.92 Å². The van der Waals surface area contributed by atoms with Crippen molar-refractivity contribution in [3.05, 3.63) is 51.4 Å². The Labute approximate surface area is 150 Å². The van der Waals surface area contributed by atoms with Crippen molar-refractivity contribution in [1.82, 2.24) is 15.3 Å². The highest BCUT2D eigenvalue weighted by Gasteiger charge is 2.29. The molecule has 1 amide bonds. The number of thioether (sulfide) groups is 1. The molecule has 1 aliphatic rings. The third-order valence-corrected chi connectivity index (χ3v) is 4.68. The zero-order chi connectivity index (χ0) is 18.0. The molecule has 1 aromatic carbocycles. The maximum Gasteiger partial charge on any atom is 0.251 e. The highest BCUT2D eigenvalue weighted by molar-refractivity contribution is 7.99. The van der Waals surface area contributed by atoms with Crippen molar-refractivity contribution < 1.29 is 9.53 Å². The van der Waals surface area contributed by atoms with Gasteiger partial charge >= 0.3 is 0 Å². The van der Waals surface area contributed by atoms with E-state index in [1.807, 2.05) is 12.1 Å². The van der Waals surface area contributed by atoms with Gasteiger partial charge in [0.2, 0.25) is 5.91 Å². The third kappa shape index (κ3) is 4.63. The van der Waals surface area contributed by atoms with Crippen LogP contribution in [-0.2, 0) is 17.8 Å². The van der Waals surface area contributed by atoms with Gasteiger partial charge in [0.05, 0.1) is 5.75 Å². The van der Waals surface area contributed by atoms with Gasteiger partial charge in [-0.15, -0.1) is 0 Å². The molecular formula is C18H21N3O3S. The van der Waals surface area contributed by atoms with Crippen LogP contribution in [0.15, 0.2) is 34.2 Å². The van der Waals surface area contributed by atoms with Crippen LogP contribution in [0.4, 0.5) is 0 Å². The molecule has 0 spiro atoms. The highest BCUT2D eigenvalue weighted by atomic mass is 32.2. The molecule has 132 valence electrons. The van der Waals surface area contributed by atoms with E-state index in [1.165, 1.54) is 23.4 Å². The van der Waals surface area contributed by atoms with Crippen LogP contribution in [-0.4, -0.2) is 27.2 Å². The molecule has 3 rings (SSSR count). The minimum Gasteiger partial charge on any atom is -0.487 e. The number of fused-ring (bicyclic) bond motifs is 1. The first kappa shape index (κ1) is 17.5. The van der Waals surface area contributed by atoms with Crippen molar-refractivity contribution in [2.75, 3.05) is 5.75 Å². The lowest BCUT2D eigenvalue weighted by atomic mass is 10.0. The lowest BCUT2D eigenvalue weighted by Gasteiger charge is -2.16. The second-order valence-corrected chi connectivity index (χ2v) is 7.70. The molecule has 0 fully saturated rings. The smallest absolute Gasteiger partial charge is 0.251 e. The van der Waals surface area contributed by atoms with Gasteiger partial charge in [-0.1, -0.05) is 23.9 Å². The van der Waals surface area contributed by atoms with Crippen LogP contribution < -0.4 is 15.6 Å². The number of ether oxygens (including phenoxy) is 1. The molecule has 1 aromatic heterocycles. The number of benzene rings is 1. The number of aromatic nitrogens is 2. The summed E-state index contributed by atoms with van der Waals surface area (Å²) in [6.45, 7) is 6.34. The fourth-order valence-corrected chi connectivity index (χ4v) is 3.53. The minimum absolute atomic E-state index is 0.105. The Morgan fingerprint density at radius 2 is 2.20 bits per heavy atom. The summed E-state index contributed by atoms with van der Waals surface area (Å²) >= 11 is 1.21. The van der Waals surface area contributed by atoms with E-state index >= 15 is 0 Å². The Hall–Kier alpha value is -2.28. The number of aromatic amines is 1. The Morgan fingerprint density at radius 3 is 2.96 bits per heavy atom. The predicted octanol–water partition coefficient (Wildman–Crippen LogP) is 2.20. The summed E-state index contributed by atoms with van der Waals surface area (Å²) in [4.78, 5) is 30.2. The van der Waals surface area contributed by atoms with Crippen LogP contribution >= 0.6 is 11.8 Å². The first-order chi connectivity index (χ1) is 11.8. The van der Waals surface area contributed by atoms with Crippen molar-refractivity contribution in [3.63, 3.8) is 0 Å². The van der Waals surface area contributed by atoms with E-state index in [2.05, 4.69) is 35.2 Å². The minimum atomic E-state index is -0.210. The maximum absolute atomic E-state index is 12.0. The van der Waals surface area contributed by atoms with Crippen molar-refractivity contribution >= 4 is 17.7 Å². The summed E-state index contributed by atoms with van der Waals surface area (Å²) in [6, 6.07) is 7.43. The Morgan fingerprint density at radius 1 is 1.40 bits per heavy atom. The van der Waals surface area contributed by atoms with E-state index in [-0.39, 0.29) is 22.8 Å². The summed E-state index contributed by atoms with van der Waals surface area (Å²) < 4.78 is 5.86. The van der Waals surface area contributed by atoms with Crippen LogP contribution in [0, 0.1) is 6.92 Å². The molecule has 2 aromatic rings. The van der Waals surface area contributed by atoms with Crippen molar-refractivity contribution in [3.8, 4) is 5.75 Å². The first-order valence-corrected chi connectivity index (χ1v) is 9.08. The van der Waals surface area contributed by atoms with Crippen LogP contribution in [0.25, 0.3) is 0 Å². The lowest BCUT2D eigenvalue weighted by Crippen LogP contribution is -2.25. The molecule has 1 aliphatic heterocycles. The molecule has 6 nitrogen and oxygen atoms in total. The fourth-order valence-electron chi connectivity index (χ4n) is 2.78. The molecule has 25 heavy (non-hydrogen) atoms. The van der Waals surface area contributed by atoms with Crippen LogP contribution in [0.1, 0.15) is 30.7 Å². The topological polar surface area (TPSA) is 84.1 Å². The van der Waals surface area contributed by atoms with Crippen LogP contribution in [0.2, 0.25) is 0 Å². The molecule has 0 unspecified atom stereocenters. The molecule has 0 aliphatic carbocycles. The standard InChI is InChI=1S/C18H21N3O3S/c1-11-6-15(22)21-17(20-11)25-10-16(23)19-9-12-4-5-14-13(7-12)8-18(2,3)24-14/h4-7H,8-10H2,1-3H3,(H,19,23)(H,20,21,22). The number of carbonyl (C=O) groups is 1. The molecule has 2 N–H and O–H groups in total. The van der Waals surface area contributed by atoms with Gasteiger partial charge in [-0.2, -0.15) is 0 Å². The van der Waals surface area contributed by atoms with E-state index in [0.717, 1.165) is 17.7 Å². The van der Waals surface area contributed by atoms with Gasteiger partial charge in [-0.25, -0.2) is 4.98 Å². The van der Waals surface area contributed by atoms with Crippen molar-refractivity contribution in [2.24, 2.45) is 0 Å². The van der Waals surface area contributed by atoms with E-state index < -0.39 is 0 Å². The summed E-state index contributed by atoms with van der Waals surface area (Å²) in [5.74, 6) is 1.02. The number of rotatable bonds is 5. The SMILES string of the molecule is Cc1cc(=O)[nH]c(SCC(=O)NCc2ccc3c(c2)CC(C)(C)O3)n1. The maximum atomic E-state index is 12.0.